The number of aromatic amines is 1. The third-order valence-corrected chi connectivity index (χ3v) is 7.27. The van der Waals surface area contributed by atoms with Gasteiger partial charge in [0.25, 0.3) is 0 Å². The Morgan fingerprint density at radius 1 is 1.21 bits per heavy atom. The first-order chi connectivity index (χ1) is 13.1. The van der Waals surface area contributed by atoms with E-state index in [1.54, 1.807) is 0 Å². The first-order valence-corrected chi connectivity index (χ1v) is 12.1. The summed E-state index contributed by atoms with van der Waals surface area (Å²) in [5.74, 6) is 0. The van der Waals surface area contributed by atoms with Crippen molar-refractivity contribution >= 4 is 35.7 Å². The lowest BCUT2D eigenvalue weighted by Crippen LogP contribution is -2.34. The van der Waals surface area contributed by atoms with E-state index in [-0.39, 0.29) is 4.64 Å². The Morgan fingerprint density at radius 2 is 1.83 bits per heavy atom. The average Bonchev–Trinajstić information content (AvgIpc) is 2.78. The second-order valence-corrected chi connectivity index (χ2v) is 10.3. The predicted molar refractivity (Wildman–Crippen MR) is 90.5 cm³/mol. The van der Waals surface area contributed by atoms with Gasteiger partial charge in [-0.1, -0.05) is 12.2 Å². The molecular weight excluding hydrogens is 488 g/mol. The van der Waals surface area contributed by atoms with Crippen LogP contribution < -0.4 is 5.69 Å². The molecule has 1 aliphatic heterocycles. The van der Waals surface area contributed by atoms with Crippen molar-refractivity contribution in [1.82, 2.24) is 9.55 Å². The van der Waals surface area contributed by atoms with Gasteiger partial charge in [0.05, 0.1) is 6.61 Å². The average molecular weight is 502 g/mol. The highest BCUT2D eigenvalue weighted by atomic mass is 32.1. The molecule has 0 bridgehead atoms. The van der Waals surface area contributed by atoms with E-state index in [9.17, 15) is 32.9 Å². The predicted octanol–water partition coefficient (Wildman–Crippen LogP) is -0.154. The van der Waals surface area contributed by atoms with E-state index in [1.807, 2.05) is 0 Å². The molecule has 3 unspecified atom stereocenters. The summed E-state index contributed by atoms with van der Waals surface area (Å²) in [6.07, 6.45) is -6.35. The third-order valence-electron chi connectivity index (χ3n) is 3.23. The second kappa shape index (κ2) is 8.85. The lowest BCUT2D eigenvalue weighted by atomic mass is 10.1. The number of phosphoric acid groups is 3. The Morgan fingerprint density at radius 3 is 2.38 bits per heavy atom. The van der Waals surface area contributed by atoms with Crippen molar-refractivity contribution in [3.63, 3.8) is 0 Å². The van der Waals surface area contributed by atoms with Crippen LogP contribution in [0.15, 0.2) is 17.1 Å². The number of aliphatic hydroxyl groups excluding tert-OH is 1. The highest BCUT2D eigenvalue weighted by Gasteiger charge is 2.47. The first kappa shape index (κ1) is 24.6. The van der Waals surface area contributed by atoms with Gasteiger partial charge in [0, 0.05) is 6.20 Å². The first-order valence-electron chi connectivity index (χ1n) is 7.18. The fourth-order valence-corrected chi connectivity index (χ4v) is 5.35. The SMILES string of the molecule is O=c1[nH]c(=S)ccn1[C@@H]1O[C@H](COP(=O)(O)OP(=O)(O)OP(=O)(O)O)[C@H](F)C1O. The zero-order chi connectivity index (χ0) is 22.2. The van der Waals surface area contributed by atoms with Gasteiger partial charge in [0.1, 0.15) is 16.8 Å². The van der Waals surface area contributed by atoms with Gasteiger partial charge in [0.2, 0.25) is 0 Å². The molecule has 0 aromatic carbocycles. The Balaban J connectivity index is 2.06. The molecule has 0 aliphatic carbocycles. The molecular formula is C9H14FN2O13P3S. The standard InChI is InChI=1S/C9H14FN2O13P3S/c10-6-4(3-22-27(18,19)25-28(20,21)24-26(15,16)17)23-8(7(6)13)12-2-1-5(29)11-9(12)14/h1-2,4,6-8,13H,3H2,(H,18,19)(H,20,21)(H,11,14,29)(H2,15,16,17)/t4-,6+,7?,8-/m1/s1. The summed E-state index contributed by atoms with van der Waals surface area (Å²) in [7, 11) is -16.8. The van der Waals surface area contributed by atoms with Crippen molar-refractivity contribution in [3.05, 3.63) is 27.4 Å². The summed E-state index contributed by atoms with van der Waals surface area (Å²) >= 11 is 4.73. The molecule has 6 atom stereocenters. The summed E-state index contributed by atoms with van der Waals surface area (Å²) in [5, 5.41) is 9.91. The maximum absolute atomic E-state index is 14.2. The molecule has 1 aliphatic rings. The highest BCUT2D eigenvalue weighted by Crippen LogP contribution is 2.66. The van der Waals surface area contributed by atoms with Gasteiger partial charge in [-0.15, -0.1) is 0 Å². The third kappa shape index (κ3) is 6.94. The molecule has 0 amide bonds. The maximum Gasteiger partial charge on any atom is 0.490 e. The molecule has 2 heterocycles. The molecule has 0 radical (unpaired) electrons. The van der Waals surface area contributed by atoms with Crippen LogP contribution in [0.3, 0.4) is 0 Å². The summed E-state index contributed by atoms with van der Waals surface area (Å²) in [6, 6.07) is 1.25. The Hall–Kier alpha value is -0.640. The molecule has 0 saturated carbocycles. The summed E-state index contributed by atoms with van der Waals surface area (Å²) < 4.78 is 64.7. The van der Waals surface area contributed by atoms with Gasteiger partial charge in [-0.2, -0.15) is 8.62 Å². The quantitative estimate of drug-likeness (QED) is 0.201. The number of hydrogen-bond donors (Lipinski definition) is 6. The number of aromatic nitrogens is 2. The van der Waals surface area contributed by atoms with Gasteiger partial charge in [-0.25, -0.2) is 22.9 Å². The summed E-state index contributed by atoms with van der Waals surface area (Å²) in [5.41, 5.74) is -0.845. The molecule has 1 saturated heterocycles. The monoisotopic (exact) mass is 502 g/mol. The van der Waals surface area contributed by atoms with Crippen LogP contribution in [0.2, 0.25) is 0 Å². The minimum atomic E-state index is -5.74. The number of hydrogen-bond acceptors (Lipinski definition) is 10. The van der Waals surface area contributed by atoms with E-state index in [1.165, 1.54) is 6.07 Å². The van der Waals surface area contributed by atoms with Crippen LogP contribution >= 0.6 is 35.7 Å². The van der Waals surface area contributed by atoms with Crippen LogP contribution in [-0.4, -0.2) is 59.2 Å². The normalized spacial score (nSPS) is 29.3. The van der Waals surface area contributed by atoms with E-state index in [2.05, 4.69) is 18.1 Å². The lowest BCUT2D eigenvalue weighted by Gasteiger charge is -2.18. The minimum Gasteiger partial charge on any atom is -0.385 e. The number of rotatable bonds is 8. The van der Waals surface area contributed by atoms with Gasteiger partial charge in [-0.05, 0) is 6.07 Å². The molecule has 2 rings (SSSR count). The molecule has 1 aromatic heterocycles. The van der Waals surface area contributed by atoms with Crippen molar-refractivity contribution in [3.8, 4) is 0 Å². The van der Waals surface area contributed by atoms with Crippen molar-refractivity contribution in [1.29, 1.82) is 0 Å². The fraction of sp³-hybridized carbons (Fsp3) is 0.556. The molecule has 1 fully saturated rings. The smallest absolute Gasteiger partial charge is 0.385 e. The van der Waals surface area contributed by atoms with Crippen molar-refractivity contribution in [2.45, 2.75) is 24.6 Å². The number of nitrogens with zero attached hydrogens (tertiary/aromatic N) is 1. The van der Waals surface area contributed by atoms with Crippen LogP contribution in [-0.2, 0) is 31.6 Å². The molecule has 20 heteroatoms. The molecule has 166 valence electrons. The van der Waals surface area contributed by atoms with Crippen LogP contribution in [0, 0.1) is 4.64 Å². The van der Waals surface area contributed by atoms with E-state index >= 15 is 0 Å². The summed E-state index contributed by atoms with van der Waals surface area (Å²) in [6.45, 7) is -1.13. The van der Waals surface area contributed by atoms with E-state index < -0.39 is 60.4 Å². The Labute approximate surface area is 165 Å². The molecule has 6 N–H and O–H groups in total. The van der Waals surface area contributed by atoms with Crippen molar-refractivity contribution in [2.24, 2.45) is 0 Å². The van der Waals surface area contributed by atoms with Crippen LogP contribution in [0.1, 0.15) is 6.23 Å². The second-order valence-electron chi connectivity index (χ2n) is 5.40. The highest BCUT2D eigenvalue weighted by molar-refractivity contribution is 7.71. The number of aliphatic hydroxyl groups is 1. The number of H-pyrrole nitrogens is 1. The number of alkyl halides is 1. The zero-order valence-electron chi connectivity index (χ0n) is 13.7. The lowest BCUT2D eigenvalue weighted by molar-refractivity contribution is -0.0530. The van der Waals surface area contributed by atoms with Crippen LogP contribution in [0.25, 0.3) is 0 Å². The Bertz CT molecular complexity index is 1010. The number of ether oxygens (including phenoxy) is 1. The number of nitrogens with one attached hydrogen (secondary N) is 1. The van der Waals surface area contributed by atoms with Gasteiger partial charge in [-0.3, -0.25) is 14.1 Å². The molecule has 29 heavy (non-hydrogen) atoms. The van der Waals surface area contributed by atoms with Crippen molar-refractivity contribution in [2.75, 3.05) is 6.61 Å². The Kier molecular flexibility index (Phi) is 7.51. The largest absolute Gasteiger partial charge is 0.490 e. The van der Waals surface area contributed by atoms with Gasteiger partial charge < -0.3 is 29.4 Å². The summed E-state index contributed by atoms with van der Waals surface area (Å²) in [4.78, 5) is 49.3. The minimum absolute atomic E-state index is 0.0553. The molecule has 1 aromatic rings. The van der Waals surface area contributed by atoms with Crippen LogP contribution in [0.5, 0.6) is 0 Å². The van der Waals surface area contributed by atoms with Crippen molar-refractivity contribution < 1.29 is 60.6 Å². The maximum atomic E-state index is 14.2. The van der Waals surface area contributed by atoms with Crippen LogP contribution in [0.4, 0.5) is 4.39 Å². The van der Waals surface area contributed by atoms with Gasteiger partial charge >= 0.3 is 29.2 Å². The number of phosphoric ester groups is 1. The molecule has 15 nitrogen and oxygen atoms in total. The fourth-order valence-electron chi connectivity index (χ4n) is 2.17. The topological polar surface area (TPSA) is 227 Å². The number of halogens is 1. The zero-order valence-corrected chi connectivity index (χ0v) is 17.2. The molecule has 0 spiro atoms. The van der Waals surface area contributed by atoms with E-state index in [4.69, 9.17) is 31.6 Å². The van der Waals surface area contributed by atoms with E-state index in [0.29, 0.717) is 0 Å². The van der Waals surface area contributed by atoms with E-state index in [0.717, 1.165) is 10.8 Å². The van der Waals surface area contributed by atoms with Gasteiger partial charge in [0.15, 0.2) is 12.4 Å².